The lowest BCUT2D eigenvalue weighted by atomic mass is 10.1. The molecular weight excluding hydrogens is 348 g/mol. The Kier molecular flexibility index (Phi) is 7.38. The molecule has 0 saturated heterocycles. The van der Waals surface area contributed by atoms with E-state index in [-0.39, 0.29) is 17.4 Å². The summed E-state index contributed by atoms with van der Waals surface area (Å²) >= 11 is 0. The fraction of sp³-hybridized carbons (Fsp3) is 0.417. The summed E-state index contributed by atoms with van der Waals surface area (Å²) in [5.74, 6) is -0.145. The number of hydrogen-bond donors (Lipinski definition) is 1. The van der Waals surface area contributed by atoms with Gasteiger partial charge in [-0.25, -0.2) is 0 Å². The van der Waals surface area contributed by atoms with Crippen molar-refractivity contribution in [2.24, 2.45) is 0 Å². The molecule has 1 unspecified atom stereocenters. The molecule has 2 rings (SSSR count). The number of carbonyl (C=O) groups is 2. The van der Waals surface area contributed by atoms with Crippen molar-refractivity contribution in [3.8, 4) is 0 Å². The van der Waals surface area contributed by atoms with Gasteiger partial charge >= 0.3 is 0 Å². The second-order valence-corrected chi connectivity index (χ2v) is 8.41. The average molecular weight is 381 g/mol. The van der Waals surface area contributed by atoms with Crippen LogP contribution in [-0.4, -0.2) is 28.3 Å². The molecule has 0 radical (unpaired) electrons. The maximum atomic E-state index is 13.0. The van der Waals surface area contributed by atoms with Crippen LogP contribution < -0.4 is 5.32 Å². The van der Waals surface area contributed by atoms with E-state index in [0.29, 0.717) is 19.4 Å². The van der Waals surface area contributed by atoms with Gasteiger partial charge in [0.15, 0.2) is 0 Å². The van der Waals surface area contributed by atoms with E-state index in [4.69, 9.17) is 0 Å². The number of nitrogens with one attached hydrogen (secondary N) is 1. The summed E-state index contributed by atoms with van der Waals surface area (Å²) in [6.45, 7) is 10.1. The standard InChI is InChI=1S/C24H32N2O2/c1-18-11-13-21(14-12-18)17-26(19(2)23(28)25-24(3,4)5)22(27)16-15-20-9-7-6-8-10-20/h6-14,19H,15-17H2,1-5H3,(H,25,28). The molecule has 0 aliphatic rings. The van der Waals surface area contributed by atoms with Gasteiger partial charge in [0.2, 0.25) is 11.8 Å². The molecular formula is C24H32N2O2. The summed E-state index contributed by atoms with van der Waals surface area (Å²) in [4.78, 5) is 27.5. The van der Waals surface area contributed by atoms with Gasteiger partial charge in [-0.05, 0) is 52.2 Å². The van der Waals surface area contributed by atoms with Crippen LogP contribution >= 0.6 is 0 Å². The van der Waals surface area contributed by atoms with Crippen LogP contribution in [-0.2, 0) is 22.6 Å². The van der Waals surface area contributed by atoms with Crippen molar-refractivity contribution in [2.75, 3.05) is 0 Å². The Morgan fingerprint density at radius 3 is 2.14 bits per heavy atom. The van der Waals surface area contributed by atoms with E-state index in [1.165, 1.54) is 5.56 Å². The Bertz CT molecular complexity index is 777. The lowest BCUT2D eigenvalue weighted by Crippen LogP contribution is -2.52. The Morgan fingerprint density at radius 2 is 1.57 bits per heavy atom. The van der Waals surface area contributed by atoms with E-state index >= 15 is 0 Å². The summed E-state index contributed by atoms with van der Waals surface area (Å²) in [6, 6.07) is 17.5. The lowest BCUT2D eigenvalue weighted by Gasteiger charge is -2.31. The van der Waals surface area contributed by atoms with E-state index in [2.05, 4.69) is 5.32 Å². The van der Waals surface area contributed by atoms with Crippen LogP contribution in [0.3, 0.4) is 0 Å². The van der Waals surface area contributed by atoms with Crippen molar-refractivity contribution in [1.82, 2.24) is 10.2 Å². The van der Waals surface area contributed by atoms with Gasteiger partial charge in [-0.2, -0.15) is 0 Å². The molecule has 4 nitrogen and oxygen atoms in total. The SMILES string of the molecule is Cc1ccc(CN(C(=O)CCc2ccccc2)C(C)C(=O)NC(C)(C)C)cc1. The molecule has 2 aromatic carbocycles. The quantitative estimate of drug-likeness (QED) is 0.780. The van der Waals surface area contributed by atoms with Crippen molar-refractivity contribution in [2.45, 2.75) is 65.6 Å². The van der Waals surface area contributed by atoms with Gasteiger partial charge in [0.25, 0.3) is 0 Å². The number of amides is 2. The molecule has 0 fully saturated rings. The van der Waals surface area contributed by atoms with Gasteiger partial charge in [-0.3, -0.25) is 9.59 Å². The van der Waals surface area contributed by atoms with Gasteiger partial charge < -0.3 is 10.2 Å². The zero-order valence-electron chi connectivity index (χ0n) is 17.7. The zero-order chi connectivity index (χ0) is 20.7. The van der Waals surface area contributed by atoms with Crippen LogP contribution in [0.5, 0.6) is 0 Å². The van der Waals surface area contributed by atoms with Crippen LogP contribution in [0.2, 0.25) is 0 Å². The number of carbonyl (C=O) groups excluding carboxylic acids is 2. The van der Waals surface area contributed by atoms with Gasteiger partial charge in [0, 0.05) is 18.5 Å². The molecule has 2 aromatic rings. The highest BCUT2D eigenvalue weighted by Crippen LogP contribution is 2.14. The highest BCUT2D eigenvalue weighted by molar-refractivity contribution is 5.87. The predicted molar refractivity (Wildman–Crippen MR) is 114 cm³/mol. The average Bonchev–Trinajstić information content (AvgIpc) is 2.64. The second kappa shape index (κ2) is 9.54. The largest absolute Gasteiger partial charge is 0.350 e. The zero-order valence-corrected chi connectivity index (χ0v) is 17.7. The first-order chi connectivity index (χ1) is 13.2. The first-order valence-electron chi connectivity index (χ1n) is 9.87. The van der Waals surface area contributed by atoms with Crippen LogP contribution in [0, 0.1) is 6.92 Å². The van der Waals surface area contributed by atoms with Crippen molar-refractivity contribution in [3.63, 3.8) is 0 Å². The molecule has 0 spiro atoms. The van der Waals surface area contributed by atoms with E-state index in [1.54, 1.807) is 11.8 Å². The molecule has 2 amide bonds. The third kappa shape index (κ3) is 6.84. The Labute approximate surface area is 169 Å². The molecule has 0 aliphatic heterocycles. The highest BCUT2D eigenvalue weighted by atomic mass is 16.2. The highest BCUT2D eigenvalue weighted by Gasteiger charge is 2.28. The molecule has 0 saturated carbocycles. The van der Waals surface area contributed by atoms with Crippen LogP contribution in [0.25, 0.3) is 0 Å². The summed E-state index contributed by atoms with van der Waals surface area (Å²) in [5, 5.41) is 2.99. The molecule has 4 heteroatoms. The topological polar surface area (TPSA) is 49.4 Å². The number of hydrogen-bond acceptors (Lipinski definition) is 2. The molecule has 150 valence electrons. The van der Waals surface area contributed by atoms with E-state index in [9.17, 15) is 9.59 Å². The number of nitrogens with zero attached hydrogens (tertiary/aromatic N) is 1. The molecule has 1 atom stereocenters. The summed E-state index contributed by atoms with van der Waals surface area (Å²) in [7, 11) is 0. The first-order valence-corrected chi connectivity index (χ1v) is 9.87. The van der Waals surface area contributed by atoms with Gasteiger partial charge in [-0.15, -0.1) is 0 Å². The maximum absolute atomic E-state index is 13.0. The van der Waals surface area contributed by atoms with E-state index in [1.807, 2.05) is 82.3 Å². The third-order valence-corrected chi connectivity index (χ3v) is 4.61. The van der Waals surface area contributed by atoms with Crippen LogP contribution in [0.1, 0.15) is 50.8 Å². The maximum Gasteiger partial charge on any atom is 0.242 e. The van der Waals surface area contributed by atoms with Gasteiger partial charge in [0.1, 0.15) is 6.04 Å². The van der Waals surface area contributed by atoms with Crippen molar-refractivity contribution < 1.29 is 9.59 Å². The van der Waals surface area contributed by atoms with Gasteiger partial charge in [0.05, 0.1) is 0 Å². The minimum atomic E-state index is -0.538. The summed E-state index contributed by atoms with van der Waals surface area (Å²) in [5.41, 5.74) is 2.98. The fourth-order valence-electron chi connectivity index (χ4n) is 2.99. The van der Waals surface area contributed by atoms with Crippen molar-refractivity contribution >= 4 is 11.8 Å². The van der Waals surface area contributed by atoms with E-state index < -0.39 is 6.04 Å². The normalized spacial score (nSPS) is 12.3. The predicted octanol–water partition coefficient (Wildman–Crippen LogP) is 4.26. The molecule has 28 heavy (non-hydrogen) atoms. The minimum absolute atomic E-state index is 0.0130. The van der Waals surface area contributed by atoms with Crippen LogP contribution in [0.4, 0.5) is 0 Å². The Balaban J connectivity index is 2.15. The summed E-state index contributed by atoms with van der Waals surface area (Å²) < 4.78 is 0. The number of rotatable bonds is 7. The van der Waals surface area contributed by atoms with Gasteiger partial charge in [-0.1, -0.05) is 60.2 Å². The molecule has 0 bridgehead atoms. The van der Waals surface area contributed by atoms with Crippen LogP contribution in [0.15, 0.2) is 54.6 Å². The number of aryl methyl sites for hydroxylation is 2. The minimum Gasteiger partial charge on any atom is -0.350 e. The monoisotopic (exact) mass is 380 g/mol. The van der Waals surface area contributed by atoms with E-state index in [0.717, 1.165) is 11.1 Å². The second-order valence-electron chi connectivity index (χ2n) is 8.41. The Morgan fingerprint density at radius 1 is 0.964 bits per heavy atom. The fourth-order valence-corrected chi connectivity index (χ4v) is 2.99. The molecule has 0 aliphatic carbocycles. The summed E-state index contributed by atoms with van der Waals surface area (Å²) in [6.07, 6.45) is 1.04. The molecule has 1 N–H and O–H groups in total. The first kappa shape index (κ1) is 21.7. The third-order valence-electron chi connectivity index (χ3n) is 4.61. The molecule has 0 heterocycles. The van der Waals surface area contributed by atoms with Crippen molar-refractivity contribution in [1.29, 1.82) is 0 Å². The smallest absolute Gasteiger partial charge is 0.242 e. The number of benzene rings is 2. The lowest BCUT2D eigenvalue weighted by molar-refractivity contribution is -0.141. The Hall–Kier alpha value is -2.62. The molecule has 0 aromatic heterocycles. The van der Waals surface area contributed by atoms with Crippen molar-refractivity contribution in [3.05, 3.63) is 71.3 Å².